The molecular formula is C20H21N7O3S. The summed E-state index contributed by atoms with van der Waals surface area (Å²) in [6, 6.07) is 11.9. The topological polar surface area (TPSA) is 128 Å². The zero-order valence-corrected chi connectivity index (χ0v) is 17.8. The lowest BCUT2D eigenvalue weighted by molar-refractivity contribution is 0.521. The number of nitrogens with zero attached hydrogens (tertiary/aromatic N) is 5. The number of sulfonamides is 1. The smallest absolute Gasteiger partial charge is 0.240 e. The molecule has 1 aromatic carbocycles. The van der Waals surface area contributed by atoms with Gasteiger partial charge < -0.3 is 9.73 Å². The number of hydrogen-bond donors (Lipinski definition) is 2. The lowest BCUT2D eigenvalue weighted by Crippen LogP contribution is -2.29. The Balaban J connectivity index is 1.29. The third kappa shape index (κ3) is 4.95. The number of nitrogens with one attached hydrogen (secondary N) is 2. The fraction of sp³-hybridized carbons (Fsp3) is 0.200. The van der Waals surface area contributed by atoms with Gasteiger partial charge in [0.1, 0.15) is 17.8 Å². The van der Waals surface area contributed by atoms with Gasteiger partial charge in [0.25, 0.3) is 0 Å². The second-order valence-corrected chi connectivity index (χ2v) is 8.55. The Morgan fingerprint density at radius 2 is 1.81 bits per heavy atom. The maximum Gasteiger partial charge on any atom is 0.240 e. The zero-order chi connectivity index (χ0) is 21.8. The summed E-state index contributed by atoms with van der Waals surface area (Å²) >= 11 is 0. The quantitative estimate of drug-likeness (QED) is 0.400. The van der Waals surface area contributed by atoms with Gasteiger partial charge in [-0.05, 0) is 37.3 Å². The van der Waals surface area contributed by atoms with Crippen molar-refractivity contribution in [1.29, 1.82) is 0 Å². The molecule has 0 aliphatic carbocycles. The minimum atomic E-state index is -3.63. The van der Waals surface area contributed by atoms with Gasteiger partial charge in [-0.25, -0.2) is 22.8 Å². The molecule has 0 aliphatic rings. The first kappa shape index (κ1) is 20.7. The molecule has 0 atom stereocenters. The SMILES string of the molecule is Cc1ccn(-c2ccc(NCCNS(=O)(=O)c3ccc(-c4coc(C)n4)cc3)nn2)n1. The first-order valence-electron chi connectivity index (χ1n) is 9.53. The number of benzene rings is 1. The monoisotopic (exact) mass is 439 g/mol. The first-order valence-corrected chi connectivity index (χ1v) is 11.0. The van der Waals surface area contributed by atoms with E-state index in [9.17, 15) is 8.42 Å². The number of aryl methyl sites for hydroxylation is 2. The molecule has 0 saturated heterocycles. The van der Waals surface area contributed by atoms with E-state index in [1.165, 1.54) is 18.4 Å². The van der Waals surface area contributed by atoms with Crippen LogP contribution in [0, 0.1) is 13.8 Å². The Labute approximate surface area is 179 Å². The lowest BCUT2D eigenvalue weighted by Gasteiger charge is -2.09. The summed E-state index contributed by atoms with van der Waals surface area (Å²) in [4.78, 5) is 4.41. The van der Waals surface area contributed by atoms with E-state index in [-0.39, 0.29) is 11.4 Å². The summed E-state index contributed by atoms with van der Waals surface area (Å²) in [6.07, 6.45) is 3.34. The van der Waals surface area contributed by atoms with Gasteiger partial charge in [-0.15, -0.1) is 10.2 Å². The predicted molar refractivity (Wildman–Crippen MR) is 114 cm³/mol. The van der Waals surface area contributed by atoms with Crippen molar-refractivity contribution >= 4 is 15.8 Å². The van der Waals surface area contributed by atoms with Crippen LogP contribution in [-0.4, -0.2) is 46.5 Å². The number of oxazole rings is 1. The molecule has 0 radical (unpaired) electrons. The molecular weight excluding hydrogens is 418 g/mol. The molecule has 0 aliphatic heterocycles. The summed E-state index contributed by atoms with van der Waals surface area (Å²) < 4.78 is 34.4. The molecule has 0 bridgehead atoms. The molecule has 0 amide bonds. The van der Waals surface area contributed by atoms with Gasteiger partial charge in [0.05, 0.1) is 10.6 Å². The molecule has 160 valence electrons. The normalized spacial score (nSPS) is 11.5. The van der Waals surface area contributed by atoms with Crippen LogP contribution < -0.4 is 10.0 Å². The molecule has 3 aromatic heterocycles. The van der Waals surface area contributed by atoms with Crippen LogP contribution in [0.3, 0.4) is 0 Å². The molecule has 0 saturated carbocycles. The molecule has 11 heteroatoms. The van der Waals surface area contributed by atoms with Crippen LogP contribution in [0.25, 0.3) is 17.1 Å². The van der Waals surface area contributed by atoms with Gasteiger partial charge in [-0.2, -0.15) is 5.10 Å². The first-order chi connectivity index (χ1) is 14.9. The Morgan fingerprint density at radius 1 is 1.00 bits per heavy atom. The summed E-state index contributed by atoms with van der Waals surface area (Å²) in [5.41, 5.74) is 2.33. The molecule has 10 nitrogen and oxygen atoms in total. The van der Waals surface area contributed by atoms with Crippen molar-refractivity contribution < 1.29 is 12.8 Å². The van der Waals surface area contributed by atoms with Crippen LogP contribution in [0.2, 0.25) is 0 Å². The second-order valence-electron chi connectivity index (χ2n) is 6.78. The lowest BCUT2D eigenvalue weighted by atomic mass is 10.2. The molecule has 2 N–H and O–H groups in total. The molecule has 4 rings (SSSR count). The summed E-state index contributed by atoms with van der Waals surface area (Å²) in [6.45, 7) is 4.19. The molecule has 0 spiro atoms. The standard InChI is InChI=1S/C20H21N7O3S/c1-14-9-12-27(26-14)20-8-7-19(24-25-20)21-10-11-22-31(28,29)17-5-3-16(4-6-17)18-13-30-15(2)23-18/h3-9,12-13,22H,10-11H2,1-2H3,(H,21,24). The van der Waals surface area contributed by atoms with E-state index in [0.29, 0.717) is 29.8 Å². The van der Waals surface area contributed by atoms with Crippen LogP contribution in [0.5, 0.6) is 0 Å². The number of rotatable bonds is 8. The van der Waals surface area contributed by atoms with E-state index >= 15 is 0 Å². The fourth-order valence-electron chi connectivity index (χ4n) is 2.84. The number of hydrogen-bond acceptors (Lipinski definition) is 8. The van der Waals surface area contributed by atoms with Gasteiger partial charge in [0, 0.05) is 31.8 Å². The van der Waals surface area contributed by atoms with Crippen molar-refractivity contribution in [2.24, 2.45) is 0 Å². The van der Waals surface area contributed by atoms with Gasteiger partial charge in [0.15, 0.2) is 11.7 Å². The van der Waals surface area contributed by atoms with E-state index in [2.05, 4.69) is 30.3 Å². The van der Waals surface area contributed by atoms with Crippen LogP contribution >= 0.6 is 0 Å². The Morgan fingerprint density at radius 3 is 2.42 bits per heavy atom. The molecule has 0 unspecified atom stereocenters. The van der Waals surface area contributed by atoms with E-state index in [0.717, 1.165) is 11.3 Å². The average Bonchev–Trinajstić information content (AvgIpc) is 3.40. The van der Waals surface area contributed by atoms with Crippen LogP contribution in [0.4, 0.5) is 5.82 Å². The summed E-state index contributed by atoms with van der Waals surface area (Å²) in [5, 5.41) is 15.5. The van der Waals surface area contributed by atoms with Gasteiger partial charge in [-0.3, -0.25) is 0 Å². The second kappa shape index (κ2) is 8.66. The van der Waals surface area contributed by atoms with E-state index in [4.69, 9.17) is 4.42 Å². The van der Waals surface area contributed by atoms with E-state index in [1.54, 1.807) is 42.1 Å². The molecule has 0 fully saturated rings. The number of anilines is 1. The van der Waals surface area contributed by atoms with Crippen molar-refractivity contribution in [2.75, 3.05) is 18.4 Å². The average molecular weight is 440 g/mol. The Bertz CT molecular complexity index is 1260. The van der Waals surface area contributed by atoms with Crippen LogP contribution in [-0.2, 0) is 10.0 Å². The third-order valence-corrected chi connectivity index (χ3v) is 5.89. The van der Waals surface area contributed by atoms with Crippen molar-refractivity contribution in [2.45, 2.75) is 18.7 Å². The van der Waals surface area contributed by atoms with Crippen molar-refractivity contribution in [3.8, 4) is 17.1 Å². The fourth-order valence-corrected chi connectivity index (χ4v) is 3.88. The number of aromatic nitrogens is 5. The Kier molecular flexibility index (Phi) is 5.78. The zero-order valence-electron chi connectivity index (χ0n) is 17.0. The highest BCUT2D eigenvalue weighted by Gasteiger charge is 2.14. The van der Waals surface area contributed by atoms with Crippen molar-refractivity contribution in [3.63, 3.8) is 0 Å². The van der Waals surface area contributed by atoms with Gasteiger partial charge in [-0.1, -0.05) is 12.1 Å². The highest BCUT2D eigenvalue weighted by Crippen LogP contribution is 2.20. The molecule has 31 heavy (non-hydrogen) atoms. The predicted octanol–water partition coefficient (Wildman–Crippen LogP) is 2.32. The van der Waals surface area contributed by atoms with E-state index in [1.807, 2.05) is 13.0 Å². The largest absolute Gasteiger partial charge is 0.449 e. The highest BCUT2D eigenvalue weighted by atomic mass is 32.2. The van der Waals surface area contributed by atoms with Gasteiger partial charge >= 0.3 is 0 Å². The van der Waals surface area contributed by atoms with Gasteiger partial charge in [0.2, 0.25) is 10.0 Å². The van der Waals surface area contributed by atoms with Crippen LogP contribution in [0.15, 0.2) is 64.2 Å². The van der Waals surface area contributed by atoms with Crippen molar-refractivity contribution in [1.82, 2.24) is 29.7 Å². The summed E-state index contributed by atoms with van der Waals surface area (Å²) in [7, 11) is -3.63. The maximum absolute atomic E-state index is 12.5. The molecule has 4 aromatic rings. The highest BCUT2D eigenvalue weighted by molar-refractivity contribution is 7.89. The third-order valence-electron chi connectivity index (χ3n) is 4.41. The minimum Gasteiger partial charge on any atom is -0.449 e. The maximum atomic E-state index is 12.5. The van der Waals surface area contributed by atoms with Crippen molar-refractivity contribution in [3.05, 3.63) is 66.5 Å². The Hall–Kier alpha value is -3.57. The van der Waals surface area contributed by atoms with E-state index < -0.39 is 10.0 Å². The minimum absolute atomic E-state index is 0.176. The van der Waals surface area contributed by atoms with Crippen LogP contribution in [0.1, 0.15) is 11.6 Å². The molecule has 3 heterocycles. The summed E-state index contributed by atoms with van der Waals surface area (Å²) in [5.74, 6) is 1.69.